The summed E-state index contributed by atoms with van der Waals surface area (Å²) in [7, 11) is 0. The molecule has 0 heterocycles. The van der Waals surface area contributed by atoms with Crippen molar-refractivity contribution < 1.29 is 39.3 Å². The number of nitrogens with one attached hydrogen (secondary N) is 3. The largest absolute Gasteiger partial charge is 0.481 e. The van der Waals surface area contributed by atoms with Gasteiger partial charge in [0.25, 0.3) is 0 Å². The van der Waals surface area contributed by atoms with Crippen molar-refractivity contribution in [1.82, 2.24) is 16.0 Å². The summed E-state index contributed by atoms with van der Waals surface area (Å²) in [4.78, 5) is 58.5. The number of amides is 3. The fraction of sp³-hybridized carbons (Fsp3) is 0.688. The molecule has 0 aliphatic carbocycles. The van der Waals surface area contributed by atoms with Crippen molar-refractivity contribution >= 4 is 41.4 Å². The molecule has 0 fully saturated rings. The van der Waals surface area contributed by atoms with E-state index in [1.165, 1.54) is 18.7 Å². The number of aliphatic carboxylic acids is 2. The van der Waals surface area contributed by atoms with E-state index in [0.717, 1.165) is 0 Å². The zero-order valence-electron chi connectivity index (χ0n) is 16.2. The highest BCUT2D eigenvalue weighted by Crippen LogP contribution is 2.04. The lowest BCUT2D eigenvalue weighted by Crippen LogP contribution is -2.57. The number of carbonyl (C=O) groups excluding carboxylic acids is 3. The van der Waals surface area contributed by atoms with Crippen molar-refractivity contribution in [1.29, 1.82) is 0 Å². The van der Waals surface area contributed by atoms with E-state index in [4.69, 9.17) is 10.8 Å². The third-order valence-corrected chi connectivity index (χ3v) is 4.38. The van der Waals surface area contributed by atoms with Gasteiger partial charge in [-0.15, -0.1) is 0 Å². The number of nitrogens with two attached hydrogens (primary N) is 1. The van der Waals surface area contributed by atoms with Gasteiger partial charge in [0.1, 0.15) is 18.1 Å². The predicted octanol–water partition coefficient (Wildman–Crippen LogP) is -2.52. The molecule has 166 valence electrons. The normalized spacial score (nSPS) is 14.8. The predicted molar refractivity (Wildman–Crippen MR) is 104 cm³/mol. The van der Waals surface area contributed by atoms with E-state index >= 15 is 0 Å². The van der Waals surface area contributed by atoms with Crippen LogP contribution < -0.4 is 21.7 Å². The van der Waals surface area contributed by atoms with Crippen molar-refractivity contribution in [2.45, 2.75) is 50.4 Å². The van der Waals surface area contributed by atoms with Crippen molar-refractivity contribution in [2.24, 2.45) is 5.73 Å². The highest BCUT2D eigenvalue weighted by Gasteiger charge is 2.29. The smallest absolute Gasteiger partial charge is 0.326 e. The van der Waals surface area contributed by atoms with Crippen LogP contribution in [0, 0.1) is 0 Å². The molecule has 0 saturated heterocycles. The van der Waals surface area contributed by atoms with Crippen LogP contribution in [0.15, 0.2) is 0 Å². The van der Waals surface area contributed by atoms with E-state index in [1.54, 1.807) is 6.26 Å². The Morgan fingerprint density at radius 3 is 1.86 bits per heavy atom. The zero-order chi connectivity index (χ0) is 22.6. The summed E-state index contributed by atoms with van der Waals surface area (Å²) >= 11 is 1.38. The van der Waals surface area contributed by atoms with Crippen LogP contribution in [-0.4, -0.2) is 87.8 Å². The van der Waals surface area contributed by atoms with Crippen molar-refractivity contribution in [3.05, 3.63) is 0 Å². The number of hydrogen-bond acceptors (Lipinski definition) is 8. The Kier molecular flexibility index (Phi) is 12.6. The lowest BCUT2D eigenvalue weighted by atomic mass is 10.1. The van der Waals surface area contributed by atoms with E-state index in [1.807, 2.05) is 0 Å². The molecule has 4 atom stereocenters. The fourth-order valence-corrected chi connectivity index (χ4v) is 2.54. The number of hydrogen-bond donors (Lipinski definition) is 7. The number of carboxylic acid groups (broad SMARTS) is 2. The van der Waals surface area contributed by atoms with E-state index in [0.29, 0.717) is 5.75 Å². The summed E-state index contributed by atoms with van der Waals surface area (Å²) in [5, 5.41) is 34.1. The topological polar surface area (TPSA) is 208 Å². The molecule has 0 aromatic carbocycles. The molecule has 0 saturated carbocycles. The van der Waals surface area contributed by atoms with Gasteiger partial charge in [0.15, 0.2) is 0 Å². The van der Waals surface area contributed by atoms with Gasteiger partial charge in [0.05, 0.1) is 12.6 Å². The zero-order valence-corrected chi connectivity index (χ0v) is 17.0. The quantitative estimate of drug-likeness (QED) is 0.152. The van der Waals surface area contributed by atoms with Crippen LogP contribution in [0.4, 0.5) is 0 Å². The van der Waals surface area contributed by atoms with Crippen molar-refractivity contribution in [3.63, 3.8) is 0 Å². The molecule has 4 unspecified atom stereocenters. The van der Waals surface area contributed by atoms with Gasteiger partial charge in [-0.3, -0.25) is 19.2 Å². The average molecular weight is 436 g/mol. The number of rotatable bonds is 14. The summed E-state index contributed by atoms with van der Waals surface area (Å²) in [6, 6.07) is -4.96. The van der Waals surface area contributed by atoms with Gasteiger partial charge in [-0.1, -0.05) is 0 Å². The maximum atomic E-state index is 12.5. The van der Waals surface area contributed by atoms with Gasteiger partial charge >= 0.3 is 11.9 Å². The Balaban J connectivity index is 5.24. The Labute approximate surface area is 172 Å². The van der Waals surface area contributed by atoms with E-state index < -0.39 is 66.9 Å². The van der Waals surface area contributed by atoms with Gasteiger partial charge in [-0.05, 0) is 31.8 Å². The monoisotopic (exact) mass is 436 g/mol. The minimum Gasteiger partial charge on any atom is -0.481 e. The molecule has 0 aromatic rings. The third kappa shape index (κ3) is 10.7. The number of carboxylic acids is 2. The first-order valence-corrected chi connectivity index (χ1v) is 10.1. The molecule has 8 N–H and O–H groups in total. The molecule has 3 amide bonds. The first-order valence-electron chi connectivity index (χ1n) is 8.74. The summed E-state index contributed by atoms with van der Waals surface area (Å²) in [5.74, 6) is -4.58. The van der Waals surface area contributed by atoms with E-state index in [9.17, 15) is 34.2 Å². The third-order valence-electron chi connectivity index (χ3n) is 3.73. The van der Waals surface area contributed by atoms with Crippen molar-refractivity contribution in [2.75, 3.05) is 18.6 Å². The van der Waals surface area contributed by atoms with Gasteiger partial charge in [-0.2, -0.15) is 11.8 Å². The van der Waals surface area contributed by atoms with E-state index in [-0.39, 0.29) is 12.8 Å². The molecule has 0 aliphatic rings. The molecule has 13 heteroatoms. The Bertz CT molecular complexity index is 601. The Morgan fingerprint density at radius 1 is 0.897 bits per heavy atom. The number of carbonyl (C=O) groups is 5. The molecule has 0 bridgehead atoms. The first kappa shape index (κ1) is 26.6. The lowest BCUT2D eigenvalue weighted by Gasteiger charge is -2.23. The summed E-state index contributed by atoms with van der Waals surface area (Å²) in [5.41, 5.74) is 5.38. The maximum absolute atomic E-state index is 12.5. The van der Waals surface area contributed by atoms with Crippen LogP contribution in [0.5, 0.6) is 0 Å². The van der Waals surface area contributed by atoms with Crippen LogP contribution in [0.25, 0.3) is 0 Å². The standard InChI is InChI=1S/C16H28N4O8S/c1-8(17)13(24)20-11(7-21)15(26)18-9(3-4-12(22)23)14(25)19-10(16(27)28)5-6-29-2/h8-11,21H,3-7,17H2,1-2H3,(H,18,26)(H,19,25)(H,20,24)(H,22,23)(H,27,28). The van der Waals surface area contributed by atoms with Crippen LogP contribution in [-0.2, 0) is 24.0 Å². The van der Waals surface area contributed by atoms with Gasteiger partial charge in [0.2, 0.25) is 17.7 Å². The molecule has 0 rings (SSSR count). The molecule has 12 nitrogen and oxygen atoms in total. The molecule has 29 heavy (non-hydrogen) atoms. The Morgan fingerprint density at radius 2 is 1.41 bits per heavy atom. The highest BCUT2D eigenvalue weighted by atomic mass is 32.2. The maximum Gasteiger partial charge on any atom is 0.326 e. The Hall–Kier alpha value is -2.38. The van der Waals surface area contributed by atoms with Crippen LogP contribution in [0.3, 0.4) is 0 Å². The second-order valence-corrected chi connectivity index (χ2v) is 7.19. The molecular formula is C16H28N4O8S. The summed E-state index contributed by atoms with van der Waals surface area (Å²) < 4.78 is 0. The average Bonchev–Trinajstić information content (AvgIpc) is 2.65. The molecule has 0 aliphatic heterocycles. The number of aliphatic hydroxyl groups excluding tert-OH is 1. The van der Waals surface area contributed by atoms with Crippen LogP contribution in [0.1, 0.15) is 26.2 Å². The fourth-order valence-electron chi connectivity index (χ4n) is 2.07. The lowest BCUT2D eigenvalue weighted by molar-refractivity contribution is -0.143. The highest BCUT2D eigenvalue weighted by molar-refractivity contribution is 7.98. The SMILES string of the molecule is CSCCC(NC(=O)C(CCC(=O)O)NC(=O)C(CO)NC(=O)C(C)N)C(=O)O. The van der Waals surface area contributed by atoms with Gasteiger partial charge in [-0.25, -0.2) is 4.79 Å². The van der Waals surface area contributed by atoms with Crippen LogP contribution >= 0.6 is 11.8 Å². The second kappa shape index (κ2) is 13.7. The summed E-state index contributed by atoms with van der Waals surface area (Å²) in [6.07, 6.45) is 1.10. The number of thioether (sulfide) groups is 1. The van der Waals surface area contributed by atoms with E-state index in [2.05, 4.69) is 16.0 Å². The first-order chi connectivity index (χ1) is 13.5. The van der Waals surface area contributed by atoms with Crippen molar-refractivity contribution in [3.8, 4) is 0 Å². The minimum absolute atomic E-state index is 0.131. The molecule has 0 spiro atoms. The summed E-state index contributed by atoms with van der Waals surface area (Å²) in [6.45, 7) is 0.578. The van der Waals surface area contributed by atoms with Crippen LogP contribution in [0.2, 0.25) is 0 Å². The van der Waals surface area contributed by atoms with Gasteiger partial charge in [0, 0.05) is 6.42 Å². The molecule has 0 radical (unpaired) electrons. The molecule has 0 aromatic heterocycles. The minimum atomic E-state index is -1.42. The number of aliphatic hydroxyl groups is 1. The molecular weight excluding hydrogens is 408 g/mol. The second-order valence-electron chi connectivity index (χ2n) is 6.21. The van der Waals surface area contributed by atoms with Gasteiger partial charge < -0.3 is 37.0 Å².